The van der Waals surface area contributed by atoms with E-state index in [1.807, 2.05) is 27.2 Å². The number of allylic oxidation sites excluding steroid dienone is 15. The van der Waals surface area contributed by atoms with Crippen LogP contribution >= 0.6 is 7.82 Å². The Kier molecular flexibility index (Phi) is 60.0. The van der Waals surface area contributed by atoms with E-state index in [2.05, 4.69) is 104 Å². The molecule has 0 aromatic heterocycles. The number of carbonyl (C=O) groups excluding carboxylic acids is 1. The third-order valence-electron chi connectivity index (χ3n) is 15.0. The van der Waals surface area contributed by atoms with Crippen molar-refractivity contribution in [3.05, 3.63) is 97.2 Å². The maximum Gasteiger partial charge on any atom is 0.268 e. The zero-order valence-corrected chi connectivity index (χ0v) is 54.6. The Bertz CT molecular complexity index is 1640. The Morgan fingerprint density at radius 3 is 1.15 bits per heavy atom. The minimum Gasteiger partial charge on any atom is -0.756 e. The summed E-state index contributed by atoms with van der Waals surface area (Å²) in [5.41, 5.74) is 0. The Morgan fingerprint density at radius 2 is 0.765 bits per heavy atom. The Balaban J connectivity index is 4.15. The third-order valence-corrected chi connectivity index (χ3v) is 16.0. The van der Waals surface area contributed by atoms with Crippen LogP contribution in [0.3, 0.4) is 0 Å². The van der Waals surface area contributed by atoms with E-state index >= 15 is 0 Å². The van der Waals surface area contributed by atoms with Crippen LogP contribution in [0.2, 0.25) is 0 Å². The molecule has 0 rings (SSSR count). The van der Waals surface area contributed by atoms with Crippen LogP contribution in [0.15, 0.2) is 97.2 Å². The average Bonchev–Trinajstić information content (AvgIpc) is 3.43. The van der Waals surface area contributed by atoms with Crippen LogP contribution in [0.1, 0.15) is 303 Å². The van der Waals surface area contributed by atoms with Gasteiger partial charge in [-0.05, 0) is 83.5 Å². The minimum absolute atomic E-state index is 0.0102. The molecule has 0 saturated carbocycles. The third kappa shape index (κ3) is 64.8. The first kappa shape index (κ1) is 78.4. The summed E-state index contributed by atoms with van der Waals surface area (Å²) in [5, 5.41) is 13.9. The number of hydrogen-bond donors (Lipinski definition) is 2. The summed E-state index contributed by atoms with van der Waals surface area (Å²) < 4.78 is 23.4. The molecule has 2 N–H and O–H groups in total. The number of quaternary nitrogens is 1. The molecule has 1 amide bonds. The highest BCUT2D eigenvalue weighted by Crippen LogP contribution is 2.38. The molecule has 0 aliphatic heterocycles. The van der Waals surface area contributed by atoms with Gasteiger partial charge >= 0.3 is 0 Å². The van der Waals surface area contributed by atoms with Crippen LogP contribution in [0.4, 0.5) is 0 Å². The van der Waals surface area contributed by atoms with E-state index < -0.39 is 26.6 Å². The second-order valence-electron chi connectivity index (χ2n) is 24.1. The van der Waals surface area contributed by atoms with E-state index in [0.29, 0.717) is 17.4 Å². The minimum atomic E-state index is -4.62. The number of phosphoric acid groups is 1. The van der Waals surface area contributed by atoms with Gasteiger partial charge in [-0.25, -0.2) is 0 Å². The van der Waals surface area contributed by atoms with Crippen molar-refractivity contribution in [3.8, 4) is 0 Å². The second kappa shape index (κ2) is 62.0. The largest absolute Gasteiger partial charge is 0.756 e. The zero-order valence-electron chi connectivity index (χ0n) is 53.7. The molecule has 3 unspecified atom stereocenters. The molecule has 0 aromatic carbocycles. The highest BCUT2D eigenvalue weighted by molar-refractivity contribution is 7.45. The van der Waals surface area contributed by atoms with Crippen LogP contribution in [-0.2, 0) is 18.4 Å². The summed E-state index contributed by atoms with van der Waals surface area (Å²) in [7, 11) is 1.24. The fraction of sp³-hybridized carbons (Fsp3) is 0.764. The van der Waals surface area contributed by atoms with Crippen LogP contribution in [-0.4, -0.2) is 68.5 Å². The molecule has 0 aliphatic carbocycles. The van der Waals surface area contributed by atoms with Crippen molar-refractivity contribution in [2.24, 2.45) is 0 Å². The van der Waals surface area contributed by atoms with Crippen molar-refractivity contribution >= 4 is 13.7 Å². The maximum absolute atomic E-state index is 13.0. The second-order valence-corrected chi connectivity index (χ2v) is 25.6. The van der Waals surface area contributed by atoms with Gasteiger partial charge in [0, 0.05) is 6.42 Å². The molecule has 0 spiro atoms. The van der Waals surface area contributed by atoms with Crippen molar-refractivity contribution in [2.75, 3.05) is 40.9 Å². The number of nitrogens with one attached hydrogen (secondary N) is 1. The summed E-state index contributed by atoms with van der Waals surface area (Å²) >= 11 is 0. The van der Waals surface area contributed by atoms with Gasteiger partial charge in [-0.2, -0.15) is 0 Å². The lowest BCUT2D eigenvalue weighted by Gasteiger charge is -2.29. The van der Waals surface area contributed by atoms with Crippen molar-refractivity contribution in [2.45, 2.75) is 315 Å². The normalized spacial score (nSPS) is 14.3. The van der Waals surface area contributed by atoms with Crippen molar-refractivity contribution in [1.29, 1.82) is 0 Å². The van der Waals surface area contributed by atoms with Gasteiger partial charge in [-0.1, -0.05) is 310 Å². The fourth-order valence-corrected chi connectivity index (χ4v) is 10.5. The summed E-state index contributed by atoms with van der Waals surface area (Å²) in [6.45, 7) is 4.54. The van der Waals surface area contributed by atoms with Gasteiger partial charge in [0.2, 0.25) is 5.91 Å². The highest BCUT2D eigenvalue weighted by Gasteiger charge is 2.23. The Morgan fingerprint density at radius 1 is 0.444 bits per heavy atom. The monoisotopic (exact) mass is 1150 g/mol. The van der Waals surface area contributed by atoms with Crippen molar-refractivity contribution in [3.63, 3.8) is 0 Å². The first-order valence-corrected chi connectivity index (χ1v) is 35.6. The smallest absolute Gasteiger partial charge is 0.268 e. The van der Waals surface area contributed by atoms with Crippen molar-refractivity contribution in [1.82, 2.24) is 5.32 Å². The molecule has 81 heavy (non-hydrogen) atoms. The lowest BCUT2D eigenvalue weighted by Crippen LogP contribution is -2.45. The summed E-state index contributed by atoms with van der Waals surface area (Å²) in [6.07, 6.45) is 89.5. The molecule has 0 aromatic rings. The molecular weight excluding hydrogens is 1020 g/mol. The molecule has 0 aliphatic rings. The number of rotatable bonds is 62. The van der Waals surface area contributed by atoms with E-state index in [1.54, 1.807) is 6.08 Å². The maximum atomic E-state index is 13.0. The lowest BCUT2D eigenvalue weighted by molar-refractivity contribution is -0.870. The Hall–Kier alpha value is -2.58. The number of phosphoric ester groups is 1. The number of amides is 1. The van der Waals surface area contributed by atoms with Gasteiger partial charge in [0.15, 0.2) is 0 Å². The van der Waals surface area contributed by atoms with Crippen LogP contribution in [0, 0.1) is 0 Å². The molecule has 0 heterocycles. The summed E-state index contributed by atoms with van der Waals surface area (Å²) in [6, 6.07) is -0.912. The number of hydrogen-bond acceptors (Lipinski definition) is 6. The lowest BCUT2D eigenvalue weighted by atomic mass is 10.0. The van der Waals surface area contributed by atoms with Gasteiger partial charge in [-0.15, -0.1) is 0 Å². The number of carbonyl (C=O) groups is 1. The first-order valence-electron chi connectivity index (χ1n) is 34.1. The van der Waals surface area contributed by atoms with Gasteiger partial charge in [0.05, 0.1) is 39.9 Å². The molecule has 0 bridgehead atoms. The number of likely N-dealkylation sites (N-methyl/N-ethyl adjacent to an activating group) is 1. The molecule has 0 fully saturated rings. The standard InChI is InChI=1S/C72H131N2O6P/c1-6-8-10-12-14-16-18-20-22-24-26-28-30-32-34-36-37-38-40-42-44-46-48-50-52-54-56-58-60-62-64-66-72(76)73-70(69-80-81(77,78)79-68-67-74(3,4)5)71(75)65-63-61-59-57-55-53-51-49-47-45-43-41-39-35-33-31-29-27-25-23-21-19-17-15-13-11-9-7-2/h8,10,14,16,20,22,26,28,32,34,37-38,55,57,63,65,70-71,75H,6-7,9,11-13,15,17-19,21,23-25,27,29-31,33,35-36,39-54,56,58-62,64,66-69H2,1-5H3,(H-,73,76,77,78)/b10-8-,16-14-,22-20-,28-26-,34-32-,38-37-,57-55+,65-63+. The van der Waals surface area contributed by atoms with Crippen molar-refractivity contribution < 1.29 is 32.9 Å². The van der Waals surface area contributed by atoms with E-state index in [1.165, 1.54) is 205 Å². The summed E-state index contributed by atoms with van der Waals surface area (Å²) in [5.74, 6) is -0.210. The molecule has 9 heteroatoms. The predicted molar refractivity (Wildman–Crippen MR) is 353 cm³/mol. The molecule has 3 atom stereocenters. The van der Waals surface area contributed by atoms with Crippen LogP contribution in [0.25, 0.3) is 0 Å². The molecule has 470 valence electrons. The molecule has 8 nitrogen and oxygen atoms in total. The topological polar surface area (TPSA) is 108 Å². The fourth-order valence-electron chi connectivity index (χ4n) is 9.76. The highest BCUT2D eigenvalue weighted by atomic mass is 31.2. The average molecular weight is 1150 g/mol. The SMILES string of the molecule is CC/C=C\C/C=C\C/C=C\C/C=C\C/C=C\C/C=C\CCCCCCCCCCCCCCC(=O)NC(COP(=O)([O-])OCC[N+](C)(C)C)C(O)/C=C/CC/C=C/CCCCCCCCCCCCCCCCCCCCCCCC. The van der Waals surface area contributed by atoms with E-state index in [-0.39, 0.29) is 12.5 Å². The zero-order chi connectivity index (χ0) is 59.1. The van der Waals surface area contributed by atoms with E-state index in [9.17, 15) is 19.4 Å². The number of nitrogens with zero attached hydrogens (tertiary/aromatic N) is 1. The molecule has 0 saturated heterocycles. The van der Waals surface area contributed by atoms with Crippen LogP contribution in [0.5, 0.6) is 0 Å². The van der Waals surface area contributed by atoms with E-state index in [4.69, 9.17) is 9.05 Å². The quantitative estimate of drug-likeness (QED) is 0.0272. The van der Waals surface area contributed by atoms with Gasteiger partial charge in [-0.3, -0.25) is 9.36 Å². The van der Waals surface area contributed by atoms with E-state index in [0.717, 1.165) is 77.0 Å². The number of aliphatic hydroxyl groups excluding tert-OH is 1. The number of aliphatic hydroxyl groups is 1. The molecule has 0 radical (unpaired) electrons. The number of unbranched alkanes of at least 4 members (excludes halogenated alkanes) is 35. The summed E-state index contributed by atoms with van der Waals surface area (Å²) in [4.78, 5) is 25.6. The van der Waals surface area contributed by atoms with Crippen LogP contribution < -0.4 is 10.2 Å². The van der Waals surface area contributed by atoms with Gasteiger partial charge in [0.25, 0.3) is 7.82 Å². The molecular formula is C72H131N2O6P. The van der Waals surface area contributed by atoms with Gasteiger partial charge < -0.3 is 28.8 Å². The van der Waals surface area contributed by atoms with Gasteiger partial charge in [0.1, 0.15) is 13.2 Å². The first-order chi connectivity index (χ1) is 39.5. The Labute approximate surface area is 502 Å². The predicted octanol–water partition coefficient (Wildman–Crippen LogP) is 21.1.